The number of hydrogen-bond donors (Lipinski definition) is 1. The van der Waals surface area contributed by atoms with Crippen molar-refractivity contribution in [1.29, 1.82) is 0 Å². The summed E-state index contributed by atoms with van der Waals surface area (Å²) in [5, 5.41) is 7.69. The molecule has 0 fully saturated rings. The average molecular weight is 655 g/mol. The minimum Gasteiger partial charge on any atom is -0.306 e. The van der Waals surface area contributed by atoms with Gasteiger partial charge in [0.2, 0.25) is 0 Å². The van der Waals surface area contributed by atoms with E-state index in [1.807, 2.05) is 64.8 Å². The number of pyridine rings is 2. The average Bonchev–Trinajstić information content (AvgIpc) is 3.81. The summed E-state index contributed by atoms with van der Waals surface area (Å²) in [6, 6.07) is 43.3. The highest BCUT2D eigenvalue weighted by Crippen LogP contribution is 2.41. The van der Waals surface area contributed by atoms with Crippen LogP contribution in [-0.2, 0) is 5.54 Å². The maximum Gasteiger partial charge on any atom is 0.259 e. The van der Waals surface area contributed by atoms with Crippen LogP contribution in [0.15, 0.2) is 164 Å². The fourth-order valence-corrected chi connectivity index (χ4v) is 6.60. The molecular weight excluding hydrogens is 624 g/mol. The normalized spacial score (nSPS) is 11.5. The van der Waals surface area contributed by atoms with Crippen LogP contribution in [0.3, 0.4) is 0 Å². The Bertz CT molecular complexity index is 2360. The lowest BCUT2D eigenvalue weighted by Crippen LogP contribution is -2.38. The Morgan fingerprint density at radius 1 is 0.680 bits per heavy atom. The summed E-state index contributed by atoms with van der Waals surface area (Å²) < 4.78 is 19.4. The largest absolute Gasteiger partial charge is 0.306 e. The molecule has 0 aliphatic carbocycles. The van der Waals surface area contributed by atoms with Gasteiger partial charge in [0.15, 0.2) is 0 Å². The molecule has 1 amide bonds. The van der Waals surface area contributed by atoms with E-state index in [9.17, 15) is 4.79 Å². The number of imidazole rings is 1. The lowest BCUT2D eigenvalue weighted by atomic mass is 9.77. The predicted molar refractivity (Wildman–Crippen MR) is 193 cm³/mol. The molecule has 8 aromatic rings. The van der Waals surface area contributed by atoms with Crippen LogP contribution in [0.1, 0.15) is 32.6 Å². The van der Waals surface area contributed by atoms with E-state index < -0.39 is 17.3 Å². The van der Waals surface area contributed by atoms with E-state index in [2.05, 4.69) is 94.3 Å². The van der Waals surface area contributed by atoms with Gasteiger partial charge in [-0.2, -0.15) is 5.10 Å². The lowest BCUT2D eigenvalue weighted by Gasteiger charge is -2.36. The number of aryl methyl sites for hydroxylation is 1. The van der Waals surface area contributed by atoms with Gasteiger partial charge >= 0.3 is 0 Å². The maximum absolute atomic E-state index is 15.4. The second kappa shape index (κ2) is 12.7. The number of hydrogen-bond acceptors (Lipinski definition) is 4. The third-order valence-electron chi connectivity index (χ3n) is 9.01. The molecular formula is C42H31FN6O. The Kier molecular flexibility index (Phi) is 7.81. The van der Waals surface area contributed by atoms with Crippen molar-refractivity contribution in [2.45, 2.75) is 12.5 Å². The van der Waals surface area contributed by atoms with E-state index in [0.717, 1.165) is 33.4 Å². The molecule has 0 aliphatic heterocycles. The minimum atomic E-state index is -0.743. The van der Waals surface area contributed by atoms with Gasteiger partial charge in [-0.15, -0.1) is 0 Å². The molecule has 0 spiro atoms. The molecule has 0 bridgehead atoms. The van der Waals surface area contributed by atoms with Gasteiger partial charge in [0.1, 0.15) is 22.8 Å². The van der Waals surface area contributed by atoms with E-state index in [4.69, 9.17) is 5.10 Å². The molecule has 4 aromatic carbocycles. The Morgan fingerprint density at radius 3 is 1.94 bits per heavy atom. The summed E-state index contributed by atoms with van der Waals surface area (Å²) in [7, 11) is 0. The zero-order valence-electron chi connectivity index (χ0n) is 27.1. The molecule has 0 atom stereocenters. The van der Waals surface area contributed by atoms with E-state index in [1.54, 1.807) is 24.5 Å². The Hall–Kier alpha value is -6.67. The molecule has 8 heteroatoms. The fraction of sp³-hybridized carbons (Fsp3) is 0.0476. The first-order valence-electron chi connectivity index (χ1n) is 16.2. The first-order chi connectivity index (χ1) is 24.5. The standard InChI is InChI=1S/C42H31FN6O/c1-29-21-22-44-39(23-29)47-41(50)36-19-17-30(24-37(36)43)38-26-45-40-20-18-31(27-48(38)40)32-25-46-49(28-32)42(33-11-5-2-6-12-33,34-13-7-3-8-14-34)35-15-9-4-10-16-35/h2-28H,1H3,(H,44,47,50). The first kappa shape index (κ1) is 30.7. The van der Waals surface area contributed by atoms with Crippen LogP contribution in [0.5, 0.6) is 0 Å². The number of benzene rings is 4. The van der Waals surface area contributed by atoms with Crippen LogP contribution in [0.25, 0.3) is 28.0 Å². The van der Waals surface area contributed by atoms with E-state index in [-0.39, 0.29) is 5.56 Å². The predicted octanol–water partition coefficient (Wildman–Crippen LogP) is 8.80. The molecule has 242 valence electrons. The Balaban J connectivity index is 1.18. The number of nitrogens with zero attached hydrogens (tertiary/aromatic N) is 5. The second-order valence-electron chi connectivity index (χ2n) is 12.1. The smallest absolute Gasteiger partial charge is 0.259 e. The van der Waals surface area contributed by atoms with Gasteiger partial charge in [0, 0.05) is 35.3 Å². The van der Waals surface area contributed by atoms with Crippen molar-refractivity contribution in [3.8, 4) is 22.4 Å². The van der Waals surface area contributed by atoms with Crippen LogP contribution in [0, 0.1) is 12.7 Å². The molecule has 4 aromatic heterocycles. The summed E-state index contributed by atoms with van der Waals surface area (Å²) in [5.41, 5.74) is 7.15. The number of amides is 1. The summed E-state index contributed by atoms with van der Waals surface area (Å²) in [5.74, 6) is -0.842. The number of carbonyl (C=O) groups excluding carboxylic acids is 1. The number of halogens is 1. The summed E-state index contributed by atoms with van der Waals surface area (Å²) >= 11 is 0. The number of carbonyl (C=O) groups is 1. The number of anilines is 1. The first-order valence-corrected chi connectivity index (χ1v) is 16.2. The van der Waals surface area contributed by atoms with Crippen molar-refractivity contribution in [3.63, 3.8) is 0 Å². The highest BCUT2D eigenvalue weighted by Gasteiger charge is 2.39. The SMILES string of the molecule is Cc1ccnc(NC(=O)c2ccc(-c3cnc4ccc(-c5cnn(C(c6ccccc6)(c6ccccc6)c6ccccc6)c5)cn34)cc2F)c1. The van der Waals surface area contributed by atoms with Crippen LogP contribution >= 0.6 is 0 Å². The third kappa shape index (κ3) is 5.42. The minimum absolute atomic E-state index is 0.0716. The highest BCUT2D eigenvalue weighted by atomic mass is 19.1. The molecule has 4 heterocycles. The van der Waals surface area contributed by atoms with E-state index in [0.29, 0.717) is 22.7 Å². The van der Waals surface area contributed by atoms with Crippen LogP contribution in [-0.4, -0.2) is 30.1 Å². The molecule has 7 nitrogen and oxygen atoms in total. The maximum atomic E-state index is 15.4. The molecule has 0 radical (unpaired) electrons. The number of nitrogens with one attached hydrogen (secondary N) is 1. The zero-order valence-corrected chi connectivity index (χ0v) is 27.1. The fourth-order valence-electron chi connectivity index (χ4n) is 6.60. The van der Waals surface area contributed by atoms with Crippen molar-refractivity contribution in [2.75, 3.05) is 5.32 Å². The van der Waals surface area contributed by atoms with Crippen molar-refractivity contribution < 1.29 is 9.18 Å². The Labute approximate surface area is 288 Å². The molecule has 50 heavy (non-hydrogen) atoms. The topological polar surface area (TPSA) is 77.1 Å². The number of aromatic nitrogens is 5. The van der Waals surface area contributed by atoms with Gasteiger partial charge in [-0.25, -0.2) is 14.4 Å². The quantitative estimate of drug-likeness (QED) is 0.166. The van der Waals surface area contributed by atoms with E-state index >= 15 is 4.39 Å². The zero-order chi connectivity index (χ0) is 34.1. The summed E-state index contributed by atoms with van der Waals surface area (Å²) in [6.07, 6.45) is 9.23. The number of rotatable bonds is 8. The molecule has 0 saturated carbocycles. The van der Waals surface area contributed by atoms with Crippen molar-refractivity contribution >= 4 is 17.4 Å². The second-order valence-corrected chi connectivity index (χ2v) is 12.1. The summed E-state index contributed by atoms with van der Waals surface area (Å²) in [4.78, 5) is 21.6. The van der Waals surface area contributed by atoms with Gasteiger partial charge in [0.05, 0.1) is 23.7 Å². The van der Waals surface area contributed by atoms with Crippen molar-refractivity contribution in [2.24, 2.45) is 0 Å². The van der Waals surface area contributed by atoms with Crippen LogP contribution in [0.4, 0.5) is 10.2 Å². The van der Waals surface area contributed by atoms with Crippen LogP contribution in [0.2, 0.25) is 0 Å². The Morgan fingerprint density at radius 2 is 1.32 bits per heavy atom. The van der Waals surface area contributed by atoms with E-state index in [1.165, 1.54) is 12.1 Å². The van der Waals surface area contributed by atoms with Gasteiger partial charge in [0.25, 0.3) is 5.91 Å². The molecule has 8 rings (SSSR count). The van der Waals surface area contributed by atoms with Crippen LogP contribution < -0.4 is 5.32 Å². The molecule has 0 unspecified atom stereocenters. The van der Waals surface area contributed by atoms with Gasteiger partial charge in [-0.3, -0.25) is 13.9 Å². The molecule has 0 aliphatic rings. The molecule has 0 saturated heterocycles. The monoisotopic (exact) mass is 654 g/mol. The number of fused-ring (bicyclic) bond motifs is 1. The third-order valence-corrected chi connectivity index (χ3v) is 9.01. The lowest BCUT2D eigenvalue weighted by molar-refractivity contribution is 0.102. The highest BCUT2D eigenvalue weighted by molar-refractivity contribution is 6.04. The van der Waals surface area contributed by atoms with Gasteiger partial charge < -0.3 is 5.32 Å². The molecule has 1 N–H and O–H groups in total. The van der Waals surface area contributed by atoms with Gasteiger partial charge in [-0.05, 0) is 65.6 Å². The van der Waals surface area contributed by atoms with Crippen molar-refractivity contribution in [3.05, 3.63) is 198 Å². The van der Waals surface area contributed by atoms with Gasteiger partial charge in [-0.1, -0.05) is 97.1 Å². The van der Waals surface area contributed by atoms with Crippen molar-refractivity contribution in [1.82, 2.24) is 24.1 Å². The summed E-state index contributed by atoms with van der Waals surface area (Å²) in [6.45, 7) is 1.90.